The summed E-state index contributed by atoms with van der Waals surface area (Å²) in [5, 5.41) is 3.91. The maximum Gasteiger partial charge on any atom is 0.259 e. The Hall–Kier alpha value is -1.40. The zero-order valence-electron chi connectivity index (χ0n) is 10.2. The molecule has 0 radical (unpaired) electrons. The van der Waals surface area contributed by atoms with Crippen LogP contribution in [0.5, 0.6) is 0 Å². The van der Waals surface area contributed by atoms with Crippen molar-refractivity contribution in [2.75, 3.05) is 12.3 Å². The Kier molecular flexibility index (Phi) is 3.98. The summed E-state index contributed by atoms with van der Waals surface area (Å²) >= 11 is 3.43. The molecule has 0 saturated heterocycles. The fraction of sp³-hybridized carbons (Fsp3) is 0.333. The lowest BCUT2D eigenvalue weighted by molar-refractivity contribution is 0.0683. The normalized spacial score (nSPS) is 12.6. The van der Waals surface area contributed by atoms with Crippen molar-refractivity contribution in [2.45, 2.75) is 20.0 Å². The van der Waals surface area contributed by atoms with Crippen LogP contribution in [0.1, 0.15) is 25.8 Å². The van der Waals surface area contributed by atoms with Gasteiger partial charge < -0.3 is 15.0 Å². The van der Waals surface area contributed by atoms with Gasteiger partial charge in [-0.15, -0.1) is 0 Å². The molecular formula is C12H14BrN3O2. The molecule has 0 spiro atoms. The molecule has 1 heterocycles. The Morgan fingerprint density at radius 2 is 2.28 bits per heavy atom. The van der Waals surface area contributed by atoms with E-state index in [2.05, 4.69) is 26.1 Å². The molecule has 1 aromatic heterocycles. The third-order valence-electron chi connectivity index (χ3n) is 2.44. The van der Waals surface area contributed by atoms with Crippen LogP contribution in [0.3, 0.4) is 0 Å². The fourth-order valence-electron chi connectivity index (χ4n) is 1.54. The van der Waals surface area contributed by atoms with Crippen LogP contribution >= 0.6 is 15.9 Å². The van der Waals surface area contributed by atoms with Crippen LogP contribution in [0.4, 0.5) is 5.69 Å². The monoisotopic (exact) mass is 311 g/mol. The molecule has 96 valence electrons. The van der Waals surface area contributed by atoms with Crippen LogP contribution in [0.15, 0.2) is 27.2 Å². The average Bonchev–Trinajstić information content (AvgIpc) is 2.82. The minimum Gasteiger partial charge on any atom is -0.399 e. The molecule has 2 aromatic rings. The molecule has 1 unspecified atom stereocenters. The number of hydrogen-bond donors (Lipinski definition) is 1. The van der Waals surface area contributed by atoms with Crippen molar-refractivity contribution in [2.24, 2.45) is 0 Å². The first-order valence-corrected chi connectivity index (χ1v) is 6.41. The highest BCUT2D eigenvalue weighted by atomic mass is 79.9. The molecule has 0 saturated carbocycles. The Bertz CT molecular complexity index is 542. The van der Waals surface area contributed by atoms with Crippen molar-refractivity contribution in [3.8, 4) is 11.5 Å². The molecule has 0 bridgehead atoms. The van der Waals surface area contributed by atoms with E-state index in [1.54, 1.807) is 12.1 Å². The highest BCUT2D eigenvalue weighted by Crippen LogP contribution is 2.29. The van der Waals surface area contributed by atoms with Crippen LogP contribution in [-0.2, 0) is 4.74 Å². The van der Waals surface area contributed by atoms with Crippen LogP contribution in [0.2, 0.25) is 0 Å². The third kappa shape index (κ3) is 2.70. The Morgan fingerprint density at radius 1 is 1.50 bits per heavy atom. The number of nitrogens with two attached hydrogens (primary N) is 1. The van der Waals surface area contributed by atoms with Gasteiger partial charge in [0.25, 0.3) is 5.89 Å². The van der Waals surface area contributed by atoms with E-state index >= 15 is 0 Å². The van der Waals surface area contributed by atoms with Gasteiger partial charge >= 0.3 is 0 Å². The quantitative estimate of drug-likeness (QED) is 0.878. The van der Waals surface area contributed by atoms with Crippen LogP contribution < -0.4 is 5.73 Å². The first kappa shape index (κ1) is 13.0. The molecular weight excluding hydrogens is 298 g/mol. The van der Waals surface area contributed by atoms with E-state index in [4.69, 9.17) is 15.0 Å². The zero-order chi connectivity index (χ0) is 13.1. The Labute approximate surface area is 113 Å². The second-order valence-corrected chi connectivity index (χ2v) is 4.65. The zero-order valence-corrected chi connectivity index (χ0v) is 11.8. The molecule has 18 heavy (non-hydrogen) atoms. The van der Waals surface area contributed by atoms with Gasteiger partial charge in [-0.05, 0) is 48.0 Å². The minimum absolute atomic E-state index is 0.188. The predicted octanol–water partition coefficient (Wildman–Crippen LogP) is 3.18. The number of nitrogen functional groups attached to an aromatic ring is 1. The largest absolute Gasteiger partial charge is 0.399 e. The SMILES string of the molecule is CCOC(C)c1noc(-c2cc(N)ccc2Br)n1. The lowest BCUT2D eigenvalue weighted by atomic mass is 10.2. The number of ether oxygens (including phenoxy) is 1. The lowest BCUT2D eigenvalue weighted by Gasteiger charge is -2.04. The third-order valence-corrected chi connectivity index (χ3v) is 3.13. The number of halogens is 1. The van der Waals surface area contributed by atoms with E-state index in [1.807, 2.05) is 19.9 Å². The maximum absolute atomic E-state index is 5.74. The summed E-state index contributed by atoms with van der Waals surface area (Å²) in [6, 6.07) is 5.43. The Balaban J connectivity index is 2.32. The molecule has 0 aliphatic carbocycles. The number of hydrogen-bond acceptors (Lipinski definition) is 5. The molecule has 2 N–H and O–H groups in total. The van der Waals surface area contributed by atoms with Gasteiger partial charge in [0.1, 0.15) is 6.10 Å². The summed E-state index contributed by atoms with van der Waals surface area (Å²) in [6.07, 6.45) is -0.188. The van der Waals surface area contributed by atoms with E-state index in [9.17, 15) is 0 Å². The average molecular weight is 312 g/mol. The van der Waals surface area contributed by atoms with Gasteiger partial charge in [-0.1, -0.05) is 5.16 Å². The summed E-state index contributed by atoms with van der Waals surface area (Å²) < 4.78 is 11.5. The fourth-order valence-corrected chi connectivity index (χ4v) is 1.96. The molecule has 2 rings (SSSR count). The van der Waals surface area contributed by atoms with Gasteiger partial charge in [-0.3, -0.25) is 0 Å². The van der Waals surface area contributed by atoms with Crippen molar-refractivity contribution in [3.63, 3.8) is 0 Å². The predicted molar refractivity (Wildman–Crippen MR) is 71.9 cm³/mol. The summed E-state index contributed by atoms with van der Waals surface area (Å²) in [6.45, 7) is 4.41. The van der Waals surface area contributed by atoms with E-state index < -0.39 is 0 Å². The highest BCUT2D eigenvalue weighted by molar-refractivity contribution is 9.10. The second kappa shape index (κ2) is 5.49. The number of benzene rings is 1. The van der Waals surface area contributed by atoms with E-state index in [-0.39, 0.29) is 6.10 Å². The van der Waals surface area contributed by atoms with Crippen molar-refractivity contribution in [1.82, 2.24) is 10.1 Å². The van der Waals surface area contributed by atoms with Crippen LogP contribution in [0, 0.1) is 0 Å². The Morgan fingerprint density at radius 3 is 3.00 bits per heavy atom. The van der Waals surface area contributed by atoms with Crippen LogP contribution in [0.25, 0.3) is 11.5 Å². The summed E-state index contributed by atoms with van der Waals surface area (Å²) in [4.78, 5) is 4.31. The standard InChI is InChI=1S/C12H14BrN3O2/c1-3-17-7(2)11-15-12(18-16-11)9-6-8(14)4-5-10(9)13/h4-7H,3,14H2,1-2H3. The minimum atomic E-state index is -0.188. The van der Waals surface area contributed by atoms with Gasteiger partial charge in [-0.25, -0.2) is 0 Å². The van der Waals surface area contributed by atoms with Gasteiger partial charge in [0.15, 0.2) is 0 Å². The van der Waals surface area contributed by atoms with Crippen molar-refractivity contribution >= 4 is 21.6 Å². The molecule has 0 fully saturated rings. The first-order chi connectivity index (χ1) is 8.61. The van der Waals surface area contributed by atoms with Crippen molar-refractivity contribution in [1.29, 1.82) is 0 Å². The molecule has 1 atom stereocenters. The summed E-state index contributed by atoms with van der Waals surface area (Å²) in [5.74, 6) is 0.955. The summed E-state index contributed by atoms with van der Waals surface area (Å²) in [7, 11) is 0. The molecule has 0 aliphatic rings. The number of nitrogens with zero attached hydrogens (tertiary/aromatic N) is 2. The van der Waals surface area contributed by atoms with E-state index in [1.165, 1.54) is 0 Å². The number of aromatic nitrogens is 2. The van der Waals surface area contributed by atoms with Crippen molar-refractivity contribution < 1.29 is 9.26 Å². The second-order valence-electron chi connectivity index (χ2n) is 3.79. The topological polar surface area (TPSA) is 74.2 Å². The smallest absolute Gasteiger partial charge is 0.259 e. The molecule has 0 aliphatic heterocycles. The first-order valence-electron chi connectivity index (χ1n) is 5.62. The van der Waals surface area contributed by atoms with Gasteiger partial charge in [0, 0.05) is 16.8 Å². The van der Waals surface area contributed by atoms with E-state index in [0.717, 1.165) is 10.0 Å². The lowest BCUT2D eigenvalue weighted by Crippen LogP contribution is -2.01. The van der Waals surface area contributed by atoms with E-state index in [0.29, 0.717) is 24.0 Å². The number of rotatable bonds is 4. The van der Waals surface area contributed by atoms with Gasteiger partial charge in [-0.2, -0.15) is 4.98 Å². The van der Waals surface area contributed by atoms with Gasteiger partial charge in [0.05, 0.1) is 5.56 Å². The van der Waals surface area contributed by atoms with Gasteiger partial charge in [0.2, 0.25) is 5.82 Å². The molecule has 0 amide bonds. The molecule has 6 heteroatoms. The van der Waals surface area contributed by atoms with Crippen molar-refractivity contribution in [3.05, 3.63) is 28.5 Å². The maximum atomic E-state index is 5.74. The number of anilines is 1. The summed E-state index contributed by atoms with van der Waals surface area (Å²) in [5.41, 5.74) is 7.16. The van der Waals surface area contributed by atoms with Crippen LogP contribution in [-0.4, -0.2) is 16.7 Å². The highest BCUT2D eigenvalue weighted by Gasteiger charge is 2.16. The molecule has 5 nitrogen and oxygen atoms in total. The molecule has 1 aromatic carbocycles.